The third kappa shape index (κ3) is 4.32. The summed E-state index contributed by atoms with van der Waals surface area (Å²) in [4.78, 5) is 18.8. The quantitative estimate of drug-likeness (QED) is 0.771. The number of thioether (sulfide) groups is 1. The summed E-state index contributed by atoms with van der Waals surface area (Å²) in [6.45, 7) is 0.644. The lowest BCUT2D eigenvalue weighted by molar-refractivity contribution is -0.122. The van der Waals surface area contributed by atoms with E-state index in [4.69, 9.17) is 0 Å². The molecule has 1 aliphatic rings. The molecule has 122 valence electrons. The van der Waals surface area contributed by atoms with Gasteiger partial charge in [-0.1, -0.05) is 42.1 Å². The maximum absolute atomic E-state index is 13.2. The number of amides is 1. The Kier molecular flexibility index (Phi) is 5.43. The molecule has 1 fully saturated rings. The zero-order valence-electron chi connectivity index (χ0n) is 13.1. The van der Waals surface area contributed by atoms with Crippen molar-refractivity contribution < 1.29 is 9.18 Å². The molecule has 2 aromatic carbocycles. The van der Waals surface area contributed by atoms with Crippen molar-refractivity contribution in [3.63, 3.8) is 0 Å². The standard InChI is InChI=1S/C19H17FN2OS/c20-16-7-4-6-15(14-16)10-11-18(23)22-12-5-13-24-19(22)21-17-8-2-1-3-9-17/h1-4,6-11,14H,5,12-13H2/b11-10+,21-19?. The van der Waals surface area contributed by atoms with Gasteiger partial charge < -0.3 is 0 Å². The number of hydrogen-bond acceptors (Lipinski definition) is 3. The van der Waals surface area contributed by atoms with Crippen LogP contribution >= 0.6 is 11.8 Å². The van der Waals surface area contributed by atoms with Gasteiger partial charge in [-0.3, -0.25) is 9.69 Å². The van der Waals surface area contributed by atoms with Crippen LogP contribution in [0.1, 0.15) is 12.0 Å². The van der Waals surface area contributed by atoms with Crippen LogP contribution in [0, 0.1) is 5.82 Å². The lowest BCUT2D eigenvalue weighted by atomic mass is 10.2. The van der Waals surface area contributed by atoms with Crippen molar-refractivity contribution in [3.8, 4) is 0 Å². The van der Waals surface area contributed by atoms with Crippen LogP contribution in [0.5, 0.6) is 0 Å². The van der Waals surface area contributed by atoms with Gasteiger partial charge in [0.15, 0.2) is 5.17 Å². The average molecular weight is 340 g/mol. The van der Waals surface area contributed by atoms with Crippen molar-refractivity contribution in [2.75, 3.05) is 12.3 Å². The summed E-state index contributed by atoms with van der Waals surface area (Å²) in [6, 6.07) is 15.8. The summed E-state index contributed by atoms with van der Waals surface area (Å²) >= 11 is 1.58. The van der Waals surface area contributed by atoms with E-state index < -0.39 is 0 Å². The number of hydrogen-bond donors (Lipinski definition) is 0. The highest BCUT2D eigenvalue weighted by Gasteiger charge is 2.21. The van der Waals surface area contributed by atoms with Gasteiger partial charge in [0, 0.05) is 18.4 Å². The van der Waals surface area contributed by atoms with E-state index in [0.29, 0.717) is 17.3 Å². The van der Waals surface area contributed by atoms with Crippen LogP contribution in [0.3, 0.4) is 0 Å². The molecule has 5 heteroatoms. The number of aliphatic imine (C=N–C) groups is 1. The van der Waals surface area contributed by atoms with Gasteiger partial charge in [0.1, 0.15) is 5.82 Å². The monoisotopic (exact) mass is 340 g/mol. The summed E-state index contributed by atoms with van der Waals surface area (Å²) in [5.41, 5.74) is 1.49. The third-order valence-electron chi connectivity index (χ3n) is 3.50. The molecule has 2 aromatic rings. The molecular weight excluding hydrogens is 323 g/mol. The second-order valence-electron chi connectivity index (χ2n) is 5.31. The first-order valence-electron chi connectivity index (χ1n) is 7.74. The zero-order chi connectivity index (χ0) is 16.8. The smallest absolute Gasteiger partial charge is 0.252 e. The lowest BCUT2D eigenvalue weighted by Crippen LogP contribution is -2.38. The van der Waals surface area contributed by atoms with Gasteiger partial charge in [0.05, 0.1) is 5.69 Å². The predicted octanol–water partition coefficient (Wildman–Crippen LogP) is 4.49. The Hall–Kier alpha value is -2.40. The lowest BCUT2D eigenvalue weighted by Gasteiger charge is -2.26. The molecule has 0 atom stereocenters. The van der Waals surface area contributed by atoms with E-state index in [1.165, 1.54) is 18.2 Å². The Morgan fingerprint density at radius 1 is 1.17 bits per heavy atom. The van der Waals surface area contributed by atoms with Crippen molar-refractivity contribution >= 4 is 34.6 Å². The fraction of sp³-hybridized carbons (Fsp3) is 0.158. The number of rotatable bonds is 3. The Morgan fingerprint density at radius 3 is 2.79 bits per heavy atom. The molecule has 0 aromatic heterocycles. The first-order chi connectivity index (χ1) is 11.7. The van der Waals surface area contributed by atoms with E-state index >= 15 is 0 Å². The molecule has 0 saturated carbocycles. The molecule has 0 N–H and O–H groups in total. The van der Waals surface area contributed by atoms with Gasteiger partial charge in [0.2, 0.25) is 0 Å². The average Bonchev–Trinajstić information content (AvgIpc) is 2.61. The number of nitrogens with zero attached hydrogens (tertiary/aromatic N) is 2. The summed E-state index contributed by atoms with van der Waals surface area (Å²) in [6.07, 6.45) is 4.03. The minimum Gasteiger partial charge on any atom is -0.288 e. The minimum absolute atomic E-state index is 0.138. The number of carbonyl (C=O) groups excluding carboxylic acids is 1. The SMILES string of the molecule is O=C(/C=C/c1cccc(F)c1)N1CCCSC1=Nc1ccccc1. The van der Waals surface area contributed by atoms with E-state index in [9.17, 15) is 9.18 Å². The van der Waals surface area contributed by atoms with Gasteiger partial charge in [-0.15, -0.1) is 0 Å². The van der Waals surface area contributed by atoms with Crippen LogP contribution in [0.2, 0.25) is 0 Å². The number of carbonyl (C=O) groups is 1. The molecule has 0 bridgehead atoms. The largest absolute Gasteiger partial charge is 0.288 e. The molecular formula is C19H17FN2OS. The van der Waals surface area contributed by atoms with Crippen LogP contribution in [0.15, 0.2) is 65.7 Å². The van der Waals surface area contributed by atoms with Crippen molar-refractivity contribution in [3.05, 3.63) is 72.1 Å². The first-order valence-corrected chi connectivity index (χ1v) is 8.72. The van der Waals surface area contributed by atoms with Gasteiger partial charge in [-0.2, -0.15) is 0 Å². The van der Waals surface area contributed by atoms with E-state index in [2.05, 4.69) is 4.99 Å². The van der Waals surface area contributed by atoms with Crippen molar-refractivity contribution in [1.82, 2.24) is 4.90 Å². The third-order valence-corrected chi connectivity index (χ3v) is 4.56. The van der Waals surface area contributed by atoms with Crippen LogP contribution in [0.4, 0.5) is 10.1 Å². The van der Waals surface area contributed by atoms with Crippen molar-refractivity contribution in [1.29, 1.82) is 0 Å². The van der Waals surface area contributed by atoms with Gasteiger partial charge >= 0.3 is 0 Å². The Bertz CT molecular complexity index is 774. The molecule has 0 radical (unpaired) electrons. The maximum atomic E-state index is 13.2. The summed E-state index contributed by atoms with van der Waals surface area (Å²) in [7, 11) is 0. The molecule has 1 aliphatic heterocycles. The normalized spacial score (nSPS) is 16.7. The topological polar surface area (TPSA) is 32.7 Å². The van der Waals surface area contributed by atoms with E-state index in [1.54, 1.807) is 34.9 Å². The van der Waals surface area contributed by atoms with Gasteiger partial charge in [-0.25, -0.2) is 9.38 Å². The molecule has 1 saturated heterocycles. The highest BCUT2D eigenvalue weighted by molar-refractivity contribution is 8.13. The first kappa shape index (κ1) is 16.5. The summed E-state index contributed by atoms with van der Waals surface area (Å²) in [5, 5.41) is 0.710. The van der Waals surface area contributed by atoms with E-state index in [-0.39, 0.29) is 11.7 Å². The molecule has 0 aliphatic carbocycles. The van der Waals surface area contributed by atoms with Crippen molar-refractivity contribution in [2.45, 2.75) is 6.42 Å². The molecule has 1 amide bonds. The number of halogens is 1. The molecule has 24 heavy (non-hydrogen) atoms. The minimum atomic E-state index is -0.315. The highest BCUT2D eigenvalue weighted by atomic mass is 32.2. The second-order valence-corrected chi connectivity index (χ2v) is 6.37. The van der Waals surface area contributed by atoms with E-state index in [0.717, 1.165) is 17.9 Å². The number of benzene rings is 2. The molecule has 0 unspecified atom stereocenters. The maximum Gasteiger partial charge on any atom is 0.252 e. The molecule has 3 rings (SSSR count). The van der Waals surface area contributed by atoms with Gasteiger partial charge in [0.25, 0.3) is 5.91 Å². The highest BCUT2D eigenvalue weighted by Crippen LogP contribution is 2.22. The van der Waals surface area contributed by atoms with Crippen molar-refractivity contribution in [2.24, 2.45) is 4.99 Å². The zero-order valence-corrected chi connectivity index (χ0v) is 13.9. The van der Waals surface area contributed by atoms with Crippen LogP contribution in [-0.4, -0.2) is 28.3 Å². The van der Waals surface area contributed by atoms with Crippen LogP contribution in [-0.2, 0) is 4.79 Å². The Morgan fingerprint density at radius 2 is 2.00 bits per heavy atom. The number of para-hydroxylation sites is 1. The number of amidine groups is 1. The Balaban J connectivity index is 1.77. The van der Waals surface area contributed by atoms with Crippen LogP contribution in [0.25, 0.3) is 6.08 Å². The van der Waals surface area contributed by atoms with E-state index in [1.807, 2.05) is 30.3 Å². The predicted molar refractivity (Wildman–Crippen MR) is 97.8 cm³/mol. The molecule has 0 spiro atoms. The fourth-order valence-electron chi connectivity index (χ4n) is 2.34. The summed E-state index contributed by atoms with van der Waals surface area (Å²) in [5.74, 6) is 0.494. The fourth-order valence-corrected chi connectivity index (χ4v) is 3.30. The van der Waals surface area contributed by atoms with Crippen LogP contribution < -0.4 is 0 Å². The molecule has 1 heterocycles. The molecule has 3 nitrogen and oxygen atoms in total. The Labute approximate surface area is 144 Å². The second kappa shape index (κ2) is 7.93. The van der Waals surface area contributed by atoms with Gasteiger partial charge in [-0.05, 0) is 42.3 Å². The summed E-state index contributed by atoms with van der Waals surface area (Å²) < 4.78 is 13.2.